The molecule has 2 aromatic rings. The molecule has 0 saturated carbocycles. The fourth-order valence-electron chi connectivity index (χ4n) is 2.76. The lowest BCUT2D eigenvalue weighted by atomic mass is 10.1. The molecule has 6 heteroatoms. The first kappa shape index (κ1) is 16.0. The predicted molar refractivity (Wildman–Crippen MR) is 93.8 cm³/mol. The number of rotatable bonds is 3. The van der Waals surface area contributed by atoms with Crippen LogP contribution in [0.5, 0.6) is 0 Å². The Morgan fingerprint density at radius 1 is 1.22 bits per heavy atom. The third-order valence-electron chi connectivity index (χ3n) is 3.89. The summed E-state index contributed by atoms with van der Waals surface area (Å²) in [5.41, 5.74) is 2.13. The quantitative estimate of drug-likeness (QED) is 0.916. The summed E-state index contributed by atoms with van der Waals surface area (Å²) < 4.78 is 0. The highest BCUT2D eigenvalue weighted by Crippen LogP contribution is 2.39. The topological polar surface area (TPSA) is 49.4 Å². The summed E-state index contributed by atoms with van der Waals surface area (Å²) in [6.45, 7) is 0. The number of halogens is 1. The summed E-state index contributed by atoms with van der Waals surface area (Å²) in [6, 6.07) is 6.89. The normalized spacial score (nSPS) is 12.8. The van der Waals surface area contributed by atoms with Gasteiger partial charge in [0.25, 0.3) is 11.8 Å². The molecule has 1 N–H and O–H groups in total. The van der Waals surface area contributed by atoms with E-state index in [0.29, 0.717) is 21.2 Å². The smallest absolute Gasteiger partial charge is 0.257 e. The van der Waals surface area contributed by atoms with Crippen LogP contribution in [0.3, 0.4) is 0 Å². The standard InChI is InChI=1S/C17H17ClN2O2S/c1-20(2)17(22)14-11-7-5-9-13(11)23-16(14)19-15(21)10-6-3-4-8-12(10)18/h3-4,6,8H,5,7,9H2,1-2H3,(H,19,21). The van der Waals surface area contributed by atoms with Crippen LogP contribution in [0, 0.1) is 0 Å². The SMILES string of the molecule is CN(C)C(=O)c1c(NC(=O)c2ccccc2Cl)sc2c1CCC2. The number of hydrogen-bond donors (Lipinski definition) is 1. The van der Waals surface area contributed by atoms with E-state index < -0.39 is 0 Å². The van der Waals surface area contributed by atoms with Gasteiger partial charge in [0.15, 0.2) is 0 Å². The van der Waals surface area contributed by atoms with Crippen molar-refractivity contribution in [3.63, 3.8) is 0 Å². The zero-order valence-electron chi connectivity index (χ0n) is 13.0. The Kier molecular flexibility index (Phi) is 4.41. The molecule has 0 saturated heterocycles. The molecule has 0 aliphatic heterocycles. The van der Waals surface area contributed by atoms with E-state index in [0.717, 1.165) is 24.8 Å². The third kappa shape index (κ3) is 2.99. The van der Waals surface area contributed by atoms with Gasteiger partial charge in [0, 0.05) is 19.0 Å². The first-order valence-corrected chi connectivity index (χ1v) is 8.60. The van der Waals surface area contributed by atoms with Crippen LogP contribution in [0.1, 0.15) is 37.6 Å². The van der Waals surface area contributed by atoms with E-state index in [1.54, 1.807) is 43.3 Å². The minimum Gasteiger partial charge on any atom is -0.345 e. The first-order chi connectivity index (χ1) is 11.0. The van der Waals surface area contributed by atoms with Crippen molar-refractivity contribution in [3.05, 3.63) is 50.9 Å². The maximum atomic E-state index is 12.5. The molecule has 0 unspecified atom stereocenters. The summed E-state index contributed by atoms with van der Waals surface area (Å²) in [7, 11) is 3.45. The van der Waals surface area contributed by atoms with Gasteiger partial charge in [0.2, 0.25) is 0 Å². The molecule has 0 atom stereocenters. The van der Waals surface area contributed by atoms with Gasteiger partial charge in [-0.05, 0) is 37.0 Å². The molecule has 1 heterocycles. The van der Waals surface area contributed by atoms with Crippen LogP contribution in [0.4, 0.5) is 5.00 Å². The van der Waals surface area contributed by atoms with Gasteiger partial charge in [-0.2, -0.15) is 0 Å². The lowest BCUT2D eigenvalue weighted by molar-refractivity contribution is 0.0828. The maximum Gasteiger partial charge on any atom is 0.257 e. The fourth-order valence-corrected chi connectivity index (χ4v) is 4.26. The molecule has 0 radical (unpaired) electrons. The summed E-state index contributed by atoms with van der Waals surface area (Å²) in [4.78, 5) is 27.8. The summed E-state index contributed by atoms with van der Waals surface area (Å²) in [6.07, 6.45) is 2.92. The van der Waals surface area contributed by atoms with Crippen LogP contribution in [0.2, 0.25) is 5.02 Å². The zero-order valence-corrected chi connectivity index (χ0v) is 14.6. The van der Waals surface area contributed by atoms with Gasteiger partial charge < -0.3 is 10.2 Å². The van der Waals surface area contributed by atoms with Gasteiger partial charge in [-0.15, -0.1) is 11.3 Å². The van der Waals surface area contributed by atoms with E-state index in [1.807, 2.05) is 0 Å². The highest BCUT2D eigenvalue weighted by molar-refractivity contribution is 7.17. The lowest BCUT2D eigenvalue weighted by Gasteiger charge is -2.13. The number of benzene rings is 1. The second kappa shape index (κ2) is 6.34. The van der Waals surface area contributed by atoms with Crippen LogP contribution in [-0.2, 0) is 12.8 Å². The molecule has 0 fully saturated rings. The molecule has 0 bridgehead atoms. The van der Waals surface area contributed by atoms with Crippen LogP contribution < -0.4 is 5.32 Å². The lowest BCUT2D eigenvalue weighted by Crippen LogP contribution is -2.24. The third-order valence-corrected chi connectivity index (χ3v) is 5.42. The Labute approximate surface area is 144 Å². The summed E-state index contributed by atoms with van der Waals surface area (Å²) in [5, 5.41) is 3.90. The molecular weight excluding hydrogens is 332 g/mol. The van der Waals surface area contributed by atoms with Gasteiger partial charge in [-0.3, -0.25) is 9.59 Å². The van der Waals surface area contributed by atoms with Crippen molar-refractivity contribution < 1.29 is 9.59 Å². The number of fused-ring (bicyclic) bond motifs is 1. The average molecular weight is 349 g/mol. The van der Waals surface area contributed by atoms with Crippen molar-refractivity contribution in [3.8, 4) is 0 Å². The number of carbonyl (C=O) groups is 2. The largest absolute Gasteiger partial charge is 0.345 e. The number of aryl methyl sites for hydroxylation is 1. The molecule has 1 aromatic heterocycles. The van der Waals surface area contributed by atoms with Crippen molar-refractivity contribution >= 4 is 39.8 Å². The van der Waals surface area contributed by atoms with Crippen molar-refractivity contribution in [2.75, 3.05) is 19.4 Å². The molecular formula is C17H17ClN2O2S. The number of thiophene rings is 1. The highest BCUT2D eigenvalue weighted by Gasteiger charge is 2.28. The van der Waals surface area contributed by atoms with Crippen molar-refractivity contribution in [1.29, 1.82) is 0 Å². The molecule has 1 aliphatic carbocycles. The molecule has 120 valence electrons. The Hall–Kier alpha value is -1.85. The van der Waals surface area contributed by atoms with Crippen molar-refractivity contribution in [1.82, 2.24) is 4.90 Å². The monoisotopic (exact) mass is 348 g/mol. The van der Waals surface area contributed by atoms with Gasteiger partial charge in [-0.25, -0.2) is 0 Å². The van der Waals surface area contributed by atoms with Crippen LogP contribution in [0.15, 0.2) is 24.3 Å². The first-order valence-electron chi connectivity index (χ1n) is 7.41. The number of carbonyl (C=O) groups excluding carboxylic acids is 2. The van der Waals surface area contributed by atoms with Gasteiger partial charge in [0.05, 0.1) is 16.1 Å². The average Bonchev–Trinajstić information content (AvgIpc) is 3.07. The van der Waals surface area contributed by atoms with Crippen molar-refractivity contribution in [2.24, 2.45) is 0 Å². The number of hydrogen-bond acceptors (Lipinski definition) is 3. The van der Waals surface area contributed by atoms with E-state index in [-0.39, 0.29) is 11.8 Å². The molecule has 0 spiro atoms. The Balaban J connectivity index is 1.96. The molecule has 4 nitrogen and oxygen atoms in total. The summed E-state index contributed by atoms with van der Waals surface area (Å²) in [5.74, 6) is -0.359. The second-order valence-corrected chi connectivity index (χ2v) is 7.21. The minimum atomic E-state index is -0.289. The number of amides is 2. The Bertz CT molecular complexity index is 783. The fraction of sp³-hybridized carbons (Fsp3) is 0.294. The van der Waals surface area contributed by atoms with Gasteiger partial charge >= 0.3 is 0 Å². The second-order valence-electron chi connectivity index (χ2n) is 5.70. The molecule has 3 rings (SSSR count). The van der Waals surface area contributed by atoms with E-state index >= 15 is 0 Å². The minimum absolute atomic E-state index is 0.0705. The van der Waals surface area contributed by atoms with E-state index in [2.05, 4.69) is 5.32 Å². The maximum absolute atomic E-state index is 12.5. The van der Waals surface area contributed by atoms with Gasteiger partial charge in [0.1, 0.15) is 5.00 Å². The molecule has 1 aliphatic rings. The Morgan fingerprint density at radius 2 is 1.96 bits per heavy atom. The van der Waals surface area contributed by atoms with E-state index in [1.165, 1.54) is 16.2 Å². The van der Waals surface area contributed by atoms with Gasteiger partial charge in [-0.1, -0.05) is 23.7 Å². The molecule has 1 aromatic carbocycles. The zero-order chi connectivity index (χ0) is 16.6. The van der Waals surface area contributed by atoms with Crippen LogP contribution in [-0.4, -0.2) is 30.8 Å². The van der Waals surface area contributed by atoms with E-state index in [9.17, 15) is 9.59 Å². The molecule has 23 heavy (non-hydrogen) atoms. The summed E-state index contributed by atoms with van der Waals surface area (Å²) >= 11 is 7.58. The predicted octanol–water partition coefficient (Wildman–Crippen LogP) is 3.84. The van der Waals surface area contributed by atoms with E-state index in [4.69, 9.17) is 11.6 Å². The van der Waals surface area contributed by atoms with Crippen molar-refractivity contribution in [2.45, 2.75) is 19.3 Å². The highest BCUT2D eigenvalue weighted by atomic mass is 35.5. The van der Waals surface area contributed by atoms with Crippen LogP contribution >= 0.6 is 22.9 Å². The molecule has 2 amide bonds. The number of nitrogens with zero attached hydrogens (tertiary/aromatic N) is 1. The number of nitrogens with one attached hydrogen (secondary N) is 1. The van der Waals surface area contributed by atoms with Crippen LogP contribution in [0.25, 0.3) is 0 Å². The number of anilines is 1. The Morgan fingerprint density at radius 3 is 2.65 bits per heavy atom.